The van der Waals surface area contributed by atoms with Crippen LogP contribution >= 0.6 is 11.3 Å². The maximum absolute atomic E-state index is 12.8. The number of furan rings is 1. The number of fused-ring (bicyclic) bond motifs is 1. The Labute approximate surface area is 205 Å². The number of rotatable bonds is 11. The second-order valence-electron chi connectivity index (χ2n) is 8.00. The molecule has 0 aliphatic rings. The number of aliphatic hydroxyl groups excluding tert-OH is 1. The molecule has 4 rings (SSSR count). The van der Waals surface area contributed by atoms with Gasteiger partial charge < -0.3 is 24.0 Å². The fraction of sp³-hybridized carbons (Fsp3) is 0.320. The summed E-state index contributed by atoms with van der Waals surface area (Å²) in [5.74, 6) is 1.34. The van der Waals surface area contributed by atoms with Gasteiger partial charge in [0.1, 0.15) is 39.8 Å². The lowest BCUT2D eigenvalue weighted by molar-refractivity contribution is 0.0531. The van der Waals surface area contributed by atoms with Crippen molar-refractivity contribution in [2.24, 2.45) is 0 Å². The zero-order chi connectivity index (χ0) is 24.8. The maximum atomic E-state index is 12.8. The first kappa shape index (κ1) is 24.6. The summed E-state index contributed by atoms with van der Waals surface area (Å²) < 4.78 is 16.3. The van der Waals surface area contributed by atoms with E-state index in [9.17, 15) is 14.7 Å². The molecule has 9 nitrogen and oxygen atoms in total. The van der Waals surface area contributed by atoms with Crippen LogP contribution in [-0.2, 0) is 17.8 Å². The van der Waals surface area contributed by atoms with Crippen LogP contribution in [0.1, 0.15) is 33.7 Å². The molecule has 3 heterocycles. The van der Waals surface area contributed by atoms with Crippen LogP contribution in [0, 0.1) is 6.92 Å². The van der Waals surface area contributed by atoms with Gasteiger partial charge in [-0.3, -0.25) is 9.69 Å². The van der Waals surface area contributed by atoms with E-state index in [0.29, 0.717) is 44.5 Å². The maximum Gasteiger partial charge on any atom is 0.348 e. The summed E-state index contributed by atoms with van der Waals surface area (Å²) in [6.07, 6.45) is 0.792. The summed E-state index contributed by atoms with van der Waals surface area (Å²) in [7, 11) is 0. The second kappa shape index (κ2) is 11.3. The zero-order valence-electron chi connectivity index (χ0n) is 19.5. The van der Waals surface area contributed by atoms with Crippen molar-refractivity contribution in [3.8, 4) is 5.75 Å². The summed E-state index contributed by atoms with van der Waals surface area (Å²) in [6, 6.07) is 12.9. The largest absolute Gasteiger partial charge is 0.491 e. The van der Waals surface area contributed by atoms with Crippen LogP contribution in [0.5, 0.6) is 5.75 Å². The monoisotopic (exact) mass is 497 g/mol. The molecule has 1 aromatic carbocycles. The third-order valence-corrected chi connectivity index (χ3v) is 6.46. The highest BCUT2D eigenvalue weighted by Gasteiger charge is 2.21. The van der Waals surface area contributed by atoms with Gasteiger partial charge in [0, 0.05) is 6.54 Å². The molecular weight excluding hydrogens is 470 g/mol. The minimum Gasteiger partial charge on any atom is -0.491 e. The molecule has 0 unspecified atom stereocenters. The number of ether oxygens (including phenoxy) is 2. The molecule has 0 aliphatic heterocycles. The predicted octanol–water partition coefficient (Wildman–Crippen LogP) is 3.50. The lowest BCUT2D eigenvalue weighted by atomic mass is 10.2. The Bertz CT molecular complexity index is 1320. The Morgan fingerprint density at radius 3 is 2.74 bits per heavy atom. The number of nitrogens with one attached hydrogen (secondary N) is 1. The van der Waals surface area contributed by atoms with Gasteiger partial charge in [-0.25, -0.2) is 9.78 Å². The molecule has 35 heavy (non-hydrogen) atoms. The highest BCUT2D eigenvalue weighted by molar-refractivity contribution is 7.20. The molecule has 2 N–H and O–H groups in total. The first-order valence-electron chi connectivity index (χ1n) is 11.2. The minimum absolute atomic E-state index is 0.106. The molecule has 0 saturated heterocycles. The number of hydrogen-bond donors (Lipinski definition) is 2. The van der Waals surface area contributed by atoms with E-state index in [-0.39, 0.29) is 31.9 Å². The third-order valence-electron chi connectivity index (χ3n) is 5.30. The molecule has 0 fully saturated rings. The summed E-state index contributed by atoms with van der Waals surface area (Å²) in [5, 5.41) is 11.0. The number of aromatic amines is 1. The number of thiophene rings is 1. The summed E-state index contributed by atoms with van der Waals surface area (Å²) >= 11 is 1.14. The fourth-order valence-corrected chi connectivity index (χ4v) is 4.83. The van der Waals surface area contributed by atoms with Crippen LogP contribution in [0.25, 0.3) is 10.2 Å². The normalized spacial score (nSPS) is 12.2. The van der Waals surface area contributed by atoms with Crippen LogP contribution in [0.4, 0.5) is 0 Å². The van der Waals surface area contributed by atoms with Crippen LogP contribution in [0.3, 0.4) is 0 Å². The quantitative estimate of drug-likeness (QED) is 0.302. The van der Waals surface area contributed by atoms with Crippen LogP contribution in [0.2, 0.25) is 0 Å². The van der Waals surface area contributed by atoms with Crippen LogP contribution in [-0.4, -0.2) is 51.8 Å². The Kier molecular flexibility index (Phi) is 7.96. The Hall–Kier alpha value is -3.47. The molecule has 1 atom stereocenters. The molecule has 184 valence electrons. The number of hydrogen-bond acceptors (Lipinski definition) is 9. The van der Waals surface area contributed by atoms with Gasteiger partial charge in [0.2, 0.25) is 0 Å². The van der Waals surface area contributed by atoms with Crippen molar-refractivity contribution in [2.75, 3.05) is 19.8 Å². The summed E-state index contributed by atoms with van der Waals surface area (Å²) in [5.41, 5.74) is 0.241. The van der Waals surface area contributed by atoms with E-state index in [1.807, 2.05) is 41.3 Å². The van der Waals surface area contributed by atoms with E-state index in [0.717, 1.165) is 11.3 Å². The molecular formula is C25H27N3O6S. The molecule has 3 aromatic heterocycles. The first-order valence-corrected chi connectivity index (χ1v) is 12.1. The van der Waals surface area contributed by atoms with Crippen molar-refractivity contribution in [1.29, 1.82) is 0 Å². The number of carbonyl (C=O) groups excluding carboxylic acids is 1. The Balaban J connectivity index is 1.53. The highest BCUT2D eigenvalue weighted by Crippen LogP contribution is 2.28. The van der Waals surface area contributed by atoms with E-state index in [2.05, 4.69) is 9.97 Å². The first-order chi connectivity index (χ1) is 16.9. The molecule has 0 bridgehead atoms. The van der Waals surface area contributed by atoms with E-state index >= 15 is 0 Å². The molecule has 0 saturated carbocycles. The van der Waals surface area contributed by atoms with E-state index in [1.165, 1.54) is 0 Å². The van der Waals surface area contributed by atoms with Gasteiger partial charge in [0.25, 0.3) is 5.56 Å². The molecule has 0 aliphatic carbocycles. The number of para-hydroxylation sites is 1. The Morgan fingerprint density at radius 1 is 1.23 bits per heavy atom. The number of aliphatic hydroxyl groups is 1. The number of nitrogens with zero attached hydrogens (tertiary/aromatic N) is 2. The molecule has 0 radical (unpaired) electrons. The highest BCUT2D eigenvalue weighted by atomic mass is 32.1. The molecule has 0 spiro atoms. The van der Waals surface area contributed by atoms with E-state index in [4.69, 9.17) is 13.9 Å². The van der Waals surface area contributed by atoms with Crippen molar-refractivity contribution < 1.29 is 23.8 Å². The number of aromatic nitrogens is 2. The number of carbonyl (C=O) groups is 1. The standard InChI is InChI=1S/C25H27N3O6S/c1-3-32-25(31)22-16(2)21-23(30)26-20(27-24(21)35-22)14-28(13-19-10-7-11-33-19)12-17(29)15-34-18-8-5-4-6-9-18/h4-11,17,29H,3,12-15H2,1-2H3,(H,26,27,30)/t17-/m0/s1. The topological polar surface area (TPSA) is 118 Å². The van der Waals surface area contributed by atoms with Crippen molar-refractivity contribution in [2.45, 2.75) is 33.0 Å². The van der Waals surface area contributed by atoms with Crippen molar-refractivity contribution in [3.05, 3.63) is 81.1 Å². The molecule has 0 amide bonds. The molecule has 10 heteroatoms. The predicted molar refractivity (Wildman–Crippen MR) is 132 cm³/mol. The lowest BCUT2D eigenvalue weighted by Gasteiger charge is -2.24. The van der Waals surface area contributed by atoms with Gasteiger partial charge in [-0.2, -0.15) is 0 Å². The number of benzene rings is 1. The zero-order valence-corrected chi connectivity index (χ0v) is 20.3. The fourth-order valence-electron chi connectivity index (χ4n) is 3.73. The smallest absolute Gasteiger partial charge is 0.348 e. The van der Waals surface area contributed by atoms with Gasteiger partial charge >= 0.3 is 5.97 Å². The van der Waals surface area contributed by atoms with Crippen molar-refractivity contribution in [3.63, 3.8) is 0 Å². The molecule has 4 aromatic rings. The van der Waals surface area contributed by atoms with Crippen LogP contribution in [0.15, 0.2) is 57.9 Å². The minimum atomic E-state index is -0.792. The van der Waals surface area contributed by atoms with Crippen LogP contribution < -0.4 is 10.3 Å². The third kappa shape index (κ3) is 6.16. The van der Waals surface area contributed by atoms with Crippen molar-refractivity contribution in [1.82, 2.24) is 14.9 Å². The van der Waals surface area contributed by atoms with Gasteiger partial charge in [-0.05, 0) is 43.7 Å². The average molecular weight is 498 g/mol. The SMILES string of the molecule is CCOC(=O)c1sc2nc(CN(Cc3ccco3)C[C@H](O)COc3ccccc3)[nH]c(=O)c2c1C. The van der Waals surface area contributed by atoms with Crippen molar-refractivity contribution >= 4 is 27.5 Å². The van der Waals surface area contributed by atoms with E-state index in [1.54, 1.807) is 26.2 Å². The van der Waals surface area contributed by atoms with Gasteiger partial charge in [-0.1, -0.05) is 18.2 Å². The number of esters is 1. The van der Waals surface area contributed by atoms with E-state index < -0.39 is 12.1 Å². The average Bonchev–Trinajstić information content (AvgIpc) is 3.46. The Morgan fingerprint density at radius 2 is 2.03 bits per heavy atom. The summed E-state index contributed by atoms with van der Waals surface area (Å²) in [4.78, 5) is 35.3. The summed E-state index contributed by atoms with van der Waals surface area (Å²) in [6.45, 7) is 4.71. The van der Waals surface area contributed by atoms with Gasteiger partial charge in [-0.15, -0.1) is 11.3 Å². The second-order valence-corrected chi connectivity index (χ2v) is 9.00. The number of H-pyrrole nitrogens is 1. The number of aryl methyl sites for hydroxylation is 1. The lowest BCUT2D eigenvalue weighted by Crippen LogP contribution is -2.35. The van der Waals surface area contributed by atoms with Gasteiger partial charge in [0.15, 0.2) is 0 Å². The van der Waals surface area contributed by atoms with Gasteiger partial charge in [0.05, 0.1) is 31.3 Å².